The highest BCUT2D eigenvalue weighted by molar-refractivity contribution is 5.95. The Morgan fingerprint density at radius 2 is 2.44 bits per heavy atom. The molecule has 100 valence electrons. The highest BCUT2D eigenvalue weighted by Crippen LogP contribution is 2.18. The lowest BCUT2D eigenvalue weighted by Crippen LogP contribution is -2.19. The molecule has 1 aliphatic rings. The smallest absolute Gasteiger partial charge is 0.166 e. The van der Waals surface area contributed by atoms with Gasteiger partial charge in [-0.25, -0.2) is 0 Å². The molecule has 4 heteroatoms. The van der Waals surface area contributed by atoms with Gasteiger partial charge in [-0.2, -0.15) is 5.10 Å². The normalized spacial score (nSPS) is 19.9. The van der Waals surface area contributed by atoms with Gasteiger partial charge in [-0.1, -0.05) is 6.92 Å². The number of hydrogen-bond acceptors (Lipinski definition) is 3. The Labute approximate surface area is 108 Å². The van der Waals surface area contributed by atoms with Crippen LogP contribution >= 0.6 is 0 Å². The summed E-state index contributed by atoms with van der Waals surface area (Å²) in [5.41, 5.74) is 0.735. The maximum absolute atomic E-state index is 12.0. The highest BCUT2D eigenvalue weighted by atomic mass is 16.5. The Bertz CT molecular complexity index is 381. The molecule has 0 aliphatic carbocycles. The number of nitrogens with zero attached hydrogens (tertiary/aromatic N) is 2. The summed E-state index contributed by atoms with van der Waals surface area (Å²) >= 11 is 0. The number of hydrogen-bond donors (Lipinski definition) is 0. The van der Waals surface area contributed by atoms with E-state index in [9.17, 15) is 4.79 Å². The van der Waals surface area contributed by atoms with Crippen LogP contribution in [0.2, 0.25) is 0 Å². The molecular weight excluding hydrogens is 228 g/mol. The van der Waals surface area contributed by atoms with Crippen LogP contribution in [0.3, 0.4) is 0 Å². The van der Waals surface area contributed by atoms with Gasteiger partial charge in [0.1, 0.15) is 0 Å². The highest BCUT2D eigenvalue weighted by Gasteiger charge is 2.16. The van der Waals surface area contributed by atoms with E-state index in [1.54, 1.807) is 6.20 Å². The molecule has 0 spiro atoms. The molecule has 0 saturated carbocycles. The Morgan fingerprint density at radius 1 is 1.56 bits per heavy atom. The first-order valence-electron chi connectivity index (χ1n) is 6.97. The maximum atomic E-state index is 12.0. The van der Waals surface area contributed by atoms with Crippen LogP contribution in [0, 0.1) is 0 Å². The molecule has 1 unspecified atom stereocenters. The molecule has 0 aromatic carbocycles. The fourth-order valence-corrected chi connectivity index (χ4v) is 2.33. The van der Waals surface area contributed by atoms with Crippen molar-refractivity contribution < 1.29 is 9.53 Å². The summed E-state index contributed by atoms with van der Waals surface area (Å²) in [6.45, 7) is 3.83. The van der Waals surface area contributed by atoms with Gasteiger partial charge in [-0.3, -0.25) is 9.48 Å². The summed E-state index contributed by atoms with van der Waals surface area (Å²) < 4.78 is 7.47. The van der Waals surface area contributed by atoms with E-state index in [2.05, 4.69) is 12.0 Å². The zero-order valence-electron chi connectivity index (χ0n) is 11.1. The van der Waals surface area contributed by atoms with Crippen molar-refractivity contribution in [1.29, 1.82) is 0 Å². The van der Waals surface area contributed by atoms with Gasteiger partial charge < -0.3 is 4.74 Å². The molecule has 0 radical (unpaired) electrons. The van der Waals surface area contributed by atoms with E-state index in [0.717, 1.165) is 44.4 Å². The van der Waals surface area contributed by atoms with Crippen molar-refractivity contribution in [2.75, 3.05) is 6.61 Å². The topological polar surface area (TPSA) is 44.1 Å². The van der Waals surface area contributed by atoms with Gasteiger partial charge in [0.2, 0.25) is 0 Å². The zero-order chi connectivity index (χ0) is 12.8. The van der Waals surface area contributed by atoms with Crippen molar-refractivity contribution in [2.45, 2.75) is 58.1 Å². The largest absolute Gasteiger partial charge is 0.378 e. The number of carbonyl (C=O) groups excluding carboxylic acids is 1. The van der Waals surface area contributed by atoms with Crippen LogP contribution in [-0.4, -0.2) is 28.3 Å². The lowest BCUT2D eigenvalue weighted by Gasteiger charge is -2.21. The van der Waals surface area contributed by atoms with E-state index < -0.39 is 0 Å². The van der Waals surface area contributed by atoms with Gasteiger partial charge >= 0.3 is 0 Å². The molecule has 1 saturated heterocycles. The second kappa shape index (κ2) is 6.69. The molecule has 2 rings (SSSR count). The molecule has 0 bridgehead atoms. The van der Waals surface area contributed by atoms with E-state index >= 15 is 0 Å². The Kier molecular flexibility index (Phi) is 4.93. The quantitative estimate of drug-likeness (QED) is 0.729. The van der Waals surface area contributed by atoms with Crippen LogP contribution < -0.4 is 0 Å². The minimum atomic E-state index is 0.187. The number of ether oxygens (including phenoxy) is 1. The Hall–Kier alpha value is -1.16. The Balaban J connectivity index is 1.79. The van der Waals surface area contributed by atoms with Gasteiger partial charge in [0.05, 0.1) is 17.9 Å². The predicted molar refractivity (Wildman–Crippen MR) is 69.7 cm³/mol. The van der Waals surface area contributed by atoms with Crippen molar-refractivity contribution in [3.05, 3.63) is 18.0 Å². The number of rotatable bonds is 6. The first kappa shape index (κ1) is 13.3. The minimum absolute atomic E-state index is 0.187. The molecule has 1 aromatic rings. The van der Waals surface area contributed by atoms with Crippen LogP contribution in [0.25, 0.3) is 0 Å². The summed E-state index contributed by atoms with van der Waals surface area (Å²) in [6.07, 6.45) is 9.76. The average molecular weight is 250 g/mol. The van der Waals surface area contributed by atoms with Crippen molar-refractivity contribution in [3.63, 3.8) is 0 Å². The first-order chi connectivity index (χ1) is 8.79. The zero-order valence-corrected chi connectivity index (χ0v) is 11.1. The second-order valence-electron chi connectivity index (χ2n) is 4.94. The van der Waals surface area contributed by atoms with Crippen LogP contribution in [0.5, 0.6) is 0 Å². The fourth-order valence-electron chi connectivity index (χ4n) is 2.33. The fraction of sp³-hybridized carbons (Fsp3) is 0.714. The molecule has 0 N–H and O–H groups in total. The molecule has 1 aromatic heterocycles. The Morgan fingerprint density at radius 3 is 3.17 bits per heavy atom. The second-order valence-corrected chi connectivity index (χ2v) is 4.94. The molecule has 18 heavy (non-hydrogen) atoms. The molecule has 4 nitrogen and oxygen atoms in total. The van der Waals surface area contributed by atoms with Gasteiger partial charge in [0, 0.05) is 25.8 Å². The summed E-state index contributed by atoms with van der Waals surface area (Å²) in [7, 11) is 0. The van der Waals surface area contributed by atoms with E-state index in [1.165, 1.54) is 6.42 Å². The average Bonchev–Trinajstić information content (AvgIpc) is 2.86. The molecular formula is C14H22N2O2. The molecule has 1 atom stereocenters. The van der Waals surface area contributed by atoms with E-state index in [1.807, 2.05) is 10.9 Å². The third-order valence-corrected chi connectivity index (χ3v) is 3.38. The van der Waals surface area contributed by atoms with E-state index in [0.29, 0.717) is 6.42 Å². The standard InChI is InChI=1S/C14H22N2O2/c1-2-8-16-11-12(10-15-16)14(17)7-6-13-5-3-4-9-18-13/h10-11,13H,2-9H2,1H3. The van der Waals surface area contributed by atoms with Gasteiger partial charge in [-0.15, -0.1) is 0 Å². The van der Waals surface area contributed by atoms with Crippen molar-refractivity contribution >= 4 is 5.78 Å². The van der Waals surface area contributed by atoms with Gasteiger partial charge in [0.25, 0.3) is 0 Å². The molecule has 1 aliphatic heterocycles. The van der Waals surface area contributed by atoms with Crippen LogP contribution in [0.15, 0.2) is 12.4 Å². The molecule has 0 amide bonds. The van der Waals surface area contributed by atoms with Crippen LogP contribution in [0.4, 0.5) is 0 Å². The first-order valence-corrected chi connectivity index (χ1v) is 6.97. The van der Waals surface area contributed by atoms with Gasteiger partial charge in [0.15, 0.2) is 5.78 Å². The molecule has 2 heterocycles. The third-order valence-electron chi connectivity index (χ3n) is 3.38. The summed E-state index contributed by atoms with van der Waals surface area (Å²) in [6, 6.07) is 0. The number of Topliss-reactive ketones (excluding diaryl/α,β-unsaturated/α-hetero) is 1. The van der Waals surface area contributed by atoms with E-state index in [4.69, 9.17) is 4.74 Å². The number of carbonyl (C=O) groups is 1. The maximum Gasteiger partial charge on any atom is 0.166 e. The van der Waals surface area contributed by atoms with Crippen molar-refractivity contribution in [2.24, 2.45) is 0 Å². The number of aryl methyl sites for hydroxylation is 1. The summed E-state index contributed by atoms with van der Waals surface area (Å²) in [4.78, 5) is 12.0. The van der Waals surface area contributed by atoms with Crippen LogP contribution in [-0.2, 0) is 11.3 Å². The SMILES string of the molecule is CCCn1cc(C(=O)CCC2CCCCO2)cn1. The van der Waals surface area contributed by atoms with Gasteiger partial charge in [-0.05, 0) is 32.1 Å². The van der Waals surface area contributed by atoms with Crippen LogP contribution in [0.1, 0.15) is 55.8 Å². The minimum Gasteiger partial charge on any atom is -0.378 e. The lowest BCUT2D eigenvalue weighted by molar-refractivity contribution is 0.0104. The number of aromatic nitrogens is 2. The van der Waals surface area contributed by atoms with Crippen molar-refractivity contribution in [1.82, 2.24) is 9.78 Å². The lowest BCUT2D eigenvalue weighted by atomic mass is 10.0. The van der Waals surface area contributed by atoms with E-state index in [-0.39, 0.29) is 11.9 Å². The predicted octanol–water partition coefficient (Wildman–Crippen LogP) is 2.83. The summed E-state index contributed by atoms with van der Waals surface area (Å²) in [5, 5.41) is 4.19. The number of ketones is 1. The summed E-state index contributed by atoms with van der Waals surface area (Å²) in [5.74, 6) is 0.187. The monoisotopic (exact) mass is 250 g/mol. The molecule has 1 fully saturated rings. The third kappa shape index (κ3) is 3.67. The van der Waals surface area contributed by atoms with Crippen molar-refractivity contribution in [3.8, 4) is 0 Å².